The number of amides is 3. The molecule has 6 rings (SSSR count). The highest BCUT2D eigenvalue weighted by atomic mass is 32.1. The van der Waals surface area contributed by atoms with Gasteiger partial charge >= 0.3 is 6.03 Å². The van der Waals surface area contributed by atoms with Gasteiger partial charge in [-0.15, -0.1) is 0 Å². The Labute approximate surface area is 174 Å². The molecule has 7 nitrogen and oxygen atoms in total. The Kier molecular flexibility index (Phi) is 4.91. The minimum atomic E-state index is -0.0749. The predicted octanol–water partition coefficient (Wildman–Crippen LogP) is 2.77. The number of nitrogens with zero attached hydrogens (tertiary/aromatic N) is 4. The van der Waals surface area contributed by atoms with E-state index in [2.05, 4.69) is 21.5 Å². The van der Waals surface area contributed by atoms with Crippen LogP contribution < -0.4 is 10.2 Å². The van der Waals surface area contributed by atoms with Crippen molar-refractivity contribution in [2.75, 3.05) is 44.2 Å². The first-order valence-electron chi connectivity index (χ1n) is 10.6. The summed E-state index contributed by atoms with van der Waals surface area (Å²) in [6, 6.07) is 6.17. The highest BCUT2D eigenvalue weighted by Crippen LogP contribution is 2.31. The Morgan fingerprint density at radius 3 is 2.79 bits per heavy atom. The molecule has 0 unspecified atom stereocenters. The summed E-state index contributed by atoms with van der Waals surface area (Å²) in [7, 11) is 0. The van der Waals surface area contributed by atoms with Crippen molar-refractivity contribution >= 4 is 39.2 Å². The van der Waals surface area contributed by atoms with Gasteiger partial charge in [0.05, 0.1) is 4.70 Å². The van der Waals surface area contributed by atoms with E-state index in [0.29, 0.717) is 18.2 Å². The number of aromatic nitrogens is 1. The van der Waals surface area contributed by atoms with Crippen molar-refractivity contribution in [2.24, 2.45) is 5.92 Å². The molecule has 5 heterocycles. The van der Waals surface area contributed by atoms with Gasteiger partial charge in [0.2, 0.25) is 0 Å². The van der Waals surface area contributed by atoms with E-state index in [-0.39, 0.29) is 18.0 Å². The number of piperidine rings is 3. The summed E-state index contributed by atoms with van der Waals surface area (Å²) in [5, 5.41) is 4.10. The van der Waals surface area contributed by atoms with Crippen LogP contribution in [0.3, 0.4) is 0 Å². The van der Waals surface area contributed by atoms with Crippen molar-refractivity contribution in [2.45, 2.75) is 32.2 Å². The Morgan fingerprint density at radius 2 is 2.07 bits per heavy atom. The van der Waals surface area contributed by atoms with E-state index < -0.39 is 0 Å². The monoisotopic (exact) mass is 413 g/mol. The van der Waals surface area contributed by atoms with Crippen LogP contribution in [0, 0.1) is 5.92 Å². The van der Waals surface area contributed by atoms with Crippen molar-refractivity contribution in [1.29, 1.82) is 0 Å². The molecule has 1 N–H and O–H groups in total. The van der Waals surface area contributed by atoms with Gasteiger partial charge in [-0.1, -0.05) is 6.92 Å². The van der Waals surface area contributed by atoms with Crippen LogP contribution in [0.4, 0.5) is 10.5 Å². The molecule has 1 atom stereocenters. The van der Waals surface area contributed by atoms with Gasteiger partial charge in [-0.05, 0) is 68.0 Å². The fraction of sp³-hybridized carbons (Fsp3) is 0.571. The maximum absolute atomic E-state index is 12.9. The zero-order valence-corrected chi connectivity index (χ0v) is 17.6. The second-order valence-electron chi connectivity index (χ2n) is 8.35. The summed E-state index contributed by atoms with van der Waals surface area (Å²) < 4.78 is 5.40. The molecule has 154 valence electrons. The first-order chi connectivity index (χ1) is 14.1. The van der Waals surface area contributed by atoms with Crippen LogP contribution in [0.2, 0.25) is 0 Å². The molecule has 0 saturated carbocycles. The van der Waals surface area contributed by atoms with Crippen molar-refractivity contribution in [3.63, 3.8) is 0 Å². The molecule has 2 aromatic rings. The van der Waals surface area contributed by atoms with Gasteiger partial charge in [-0.25, -0.2) is 4.79 Å². The molecule has 8 heteroatoms. The summed E-state index contributed by atoms with van der Waals surface area (Å²) in [6.07, 6.45) is 3.31. The van der Waals surface area contributed by atoms with Crippen LogP contribution in [-0.2, 0) is 0 Å². The van der Waals surface area contributed by atoms with Crippen molar-refractivity contribution in [3.05, 3.63) is 23.9 Å². The molecule has 4 aliphatic heterocycles. The third-order valence-electron chi connectivity index (χ3n) is 6.54. The molecule has 1 aromatic heterocycles. The lowest BCUT2D eigenvalue weighted by molar-refractivity contribution is 0.0619. The fourth-order valence-corrected chi connectivity index (χ4v) is 5.73. The zero-order chi connectivity index (χ0) is 20.0. The predicted molar refractivity (Wildman–Crippen MR) is 115 cm³/mol. The van der Waals surface area contributed by atoms with Gasteiger partial charge in [0, 0.05) is 43.3 Å². The van der Waals surface area contributed by atoms with Gasteiger partial charge in [0.25, 0.3) is 5.91 Å². The average molecular weight is 414 g/mol. The zero-order valence-electron chi connectivity index (χ0n) is 16.8. The Hall–Kier alpha value is -2.19. The molecule has 4 fully saturated rings. The Balaban J connectivity index is 1.33. The lowest BCUT2D eigenvalue weighted by Crippen LogP contribution is -2.57. The largest absolute Gasteiger partial charge is 0.346 e. The number of nitrogens with one attached hydrogen (secondary N) is 1. The number of carbonyl (C=O) groups excluding carboxylic acids is 2. The third kappa shape index (κ3) is 3.38. The highest BCUT2D eigenvalue weighted by molar-refractivity contribution is 7.13. The summed E-state index contributed by atoms with van der Waals surface area (Å²) in [5.41, 5.74) is 1.39. The number of benzene rings is 1. The summed E-state index contributed by atoms with van der Waals surface area (Å²) in [6.45, 7) is 7.61. The third-order valence-corrected chi connectivity index (χ3v) is 7.35. The van der Waals surface area contributed by atoms with E-state index >= 15 is 0 Å². The molecule has 1 aromatic carbocycles. The number of rotatable bonds is 5. The number of hydrogen-bond acceptors (Lipinski definition) is 5. The van der Waals surface area contributed by atoms with Crippen LogP contribution in [0.15, 0.2) is 18.2 Å². The lowest BCUT2D eigenvalue weighted by atomic mass is 9.84. The van der Waals surface area contributed by atoms with Gasteiger partial charge in [0.1, 0.15) is 5.69 Å². The molecule has 4 saturated heterocycles. The molecular weight excluding hydrogens is 386 g/mol. The topological polar surface area (TPSA) is 68.8 Å². The number of urea groups is 1. The van der Waals surface area contributed by atoms with Crippen molar-refractivity contribution in [1.82, 2.24) is 19.5 Å². The molecule has 3 amide bonds. The van der Waals surface area contributed by atoms with Crippen molar-refractivity contribution < 1.29 is 9.59 Å². The molecule has 0 aliphatic carbocycles. The summed E-state index contributed by atoms with van der Waals surface area (Å²) in [4.78, 5) is 31.7. The molecule has 0 spiro atoms. The van der Waals surface area contributed by atoms with E-state index in [0.717, 1.165) is 54.9 Å². The SMILES string of the molecule is CCCN1CCN(c2ccc3c(C(=O)N[C@@H]4CN5CCC4CC5)nsc3c2)C1=O. The number of carbonyl (C=O) groups is 2. The minimum Gasteiger partial charge on any atom is -0.346 e. The van der Waals surface area contributed by atoms with Gasteiger partial charge in [0.15, 0.2) is 0 Å². The fourth-order valence-electron chi connectivity index (χ4n) is 4.92. The van der Waals surface area contributed by atoms with Gasteiger partial charge in [-0.2, -0.15) is 4.37 Å². The number of hydrogen-bond donors (Lipinski definition) is 1. The van der Waals surface area contributed by atoms with Crippen LogP contribution in [0.1, 0.15) is 36.7 Å². The summed E-state index contributed by atoms with van der Waals surface area (Å²) >= 11 is 1.33. The van der Waals surface area contributed by atoms with Crippen LogP contribution in [-0.4, -0.2) is 71.4 Å². The van der Waals surface area contributed by atoms with E-state index in [4.69, 9.17) is 0 Å². The molecule has 0 radical (unpaired) electrons. The second kappa shape index (κ2) is 7.57. The van der Waals surface area contributed by atoms with E-state index in [1.54, 1.807) is 0 Å². The lowest BCUT2D eigenvalue weighted by Gasteiger charge is -2.44. The molecular formula is C21H27N5O2S. The van der Waals surface area contributed by atoms with Gasteiger partial charge in [-0.3, -0.25) is 9.69 Å². The van der Waals surface area contributed by atoms with E-state index in [9.17, 15) is 9.59 Å². The van der Waals surface area contributed by atoms with Crippen LogP contribution >= 0.6 is 11.5 Å². The smallest absolute Gasteiger partial charge is 0.324 e. The van der Waals surface area contributed by atoms with Crippen LogP contribution in [0.5, 0.6) is 0 Å². The van der Waals surface area contributed by atoms with E-state index in [1.165, 1.54) is 24.4 Å². The van der Waals surface area contributed by atoms with E-state index in [1.807, 2.05) is 28.0 Å². The highest BCUT2D eigenvalue weighted by Gasteiger charge is 2.35. The Bertz CT molecular complexity index is 936. The number of anilines is 1. The first-order valence-corrected chi connectivity index (χ1v) is 11.4. The second-order valence-corrected chi connectivity index (χ2v) is 9.16. The molecule has 29 heavy (non-hydrogen) atoms. The number of fused-ring (bicyclic) bond motifs is 4. The minimum absolute atomic E-state index is 0.0658. The first kappa shape index (κ1) is 18.8. The quantitative estimate of drug-likeness (QED) is 0.818. The maximum Gasteiger partial charge on any atom is 0.324 e. The van der Waals surface area contributed by atoms with Crippen LogP contribution in [0.25, 0.3) is 10.1 Å². The summed E-state index contributed by atoms with van der Waals surface area (Å²) in [5.74, 6) is 0.516. The van der Waals surface area contributed by atoms with Gasteiger partial charge < -0.3 is 15.1 Å². The molecule has 2 bridgehead atoms. The Morgan fingerprint density at radius 1 is 1.24 bits per heavy atom. The normalized spacial score (nSPS) is 26.5. The standard InChI is InChI=1S/C21H27N5O2S/c1-2-7-25-10-11-26(21(25)28)15-3-4-16-18(12-15)29-23-19(16)20(27)22-17-13-24-8-5-14(17)6-9-24/h3-4,12,14,17H,2,5-11,13H2,1H3,(H,22,27)/t17-/m1/s1. The average Bonchev–Trinajstić information content (AvgIpc) is 3.32. The maximum atomic E-state index is 12.9. The van der Waals surface area contributed by atoms with Crippen molar-refractivity contribution in [3.8, 4) is 0 Å². The molecule has 4 aliphatic rings.